The topological polar surface area (TPSA) is 63.0 Å². The number of likely N-dealkylation sites (tertiary alicyclic amines) is 2. The first-order valence-corrected chi connectivity index (χ1v) is 12.4. The lowest BCUT2D eigenvalue weighted by Crippen LogP contribution is -2.29. The predicted molar refractivity (Wildman–Crippen MR) is 137 cm³/mol. The number of rotatable bonds is 4. The number of H-pyrrole nitrogens is 2. The molecule has 0 atom stereocenters. The van der Waals surface area contributed by atoms with E-state index in [1.54, 1.807) is 0 Å². The molecule has 5 heterocycles. The summed E-state index contributed by atoms with van der Waals surface area (Å²) in [6.45, 7) is 4.71. The Morgan fingerprint density at radius 3 is 2.09 bits per heavy atom. The third-order valence-electron chi connectivity index (χ3n) is 7.87. The first kappa shape index (κ1) is 20.8. The van der Waals surface area contributed by atoms with E-state index in [-0.39, 0.29) is 0 Å². The van der Waals surface area contributed by atoms with Gasteiger partial charge in [-0.1, -0.05) is 6.07 Å². The van der Waals surface area contributed by atoms with E-state index in [2.05, 4.69) is 81.9 Å². The highest BCUT2D eigenvalue weighted by atomic mass is 15.1. The van der Waals surface area contributed by atoms with E-state index in [4.69, 9.17) is 4.98 Å². The number of piperidine rings is 2. The Morgan fingerprint density at radius 1 is 0.788 bits per heavy atom. The molecule has 2 fully saturated rings. The van der Waals surface area contributed by atoms with E-state index in [1.807, 2.05) is 0 Å². The summed E-state index contributed by atoms with van der Waals surface area (Å²) in [5.74, 6) is 2.16. The van der Waals surface area contributed by atoms with Crippen LogP contribution in [0.2, 0.25) is 0 Å². The zero-order valence-corrected chi connectivity index (χ0v) is 19.7. The highest BCUT2D eigenvalue weighted by Gasteiger charge is 2.22. The molecule has 0 radical (unpaired) electrons. The second-order valence-corrected chi connectivity index (χ2v) is 10.1. The van der Waals surface area contributed by atoms with Gasteiger partial charge >= 0.3 is 0 Å². The molecule has 2 aliphatic heterocycles. The van der Waals surface area contributed by atoms with Gasteiger partial charge in [0.2, 0.25) is 0 Å². The fraction of sp³-hybridized carbons (Fsp3) is 0.444. The quantitative estimate of drug-likeness (QED) is 0.396. The van der Waals surface area contributed by atoms with Crippen molar-refractivity contribution in [1.29, 1.82) is 0 Å². The molecular formula is C27H34N6. The molecule has 0 spiro atoms. The standard InChI is InChI=1S/C27H34N6/c1-32-11-7-18(8-12-32)23-16-28-25-15-20(3-4-21(23)25)30-26-6-5-22-24(17-29-27(22)31-26)19-9-13-33(2)14-10-19/h3-6,15-19,28H,7-14H2,1-2H3,(H2,29,30,31). The van der Waals surface area contributed by atoms with Gasteiger partial charge in [-0.2, -0.15) is 0 Å². The van der Waals surface area contributed by atoms with Crippen molar-refractivity contribution in [1.82, 2.24) is 24.8 Å². The lowest BCUT2D eigenvalue weighted by molar-refractivity contribution is 0.256. The van der Waals surface area contributed by atoms with Gasteiger partial charge in [0.1, 0.15) is 11.5 Å². The van der Waals surface area contributed by atoms with Crippen LogP contribution in [0.5, 0.6) is 0 Å². The van der Waals surface area contributed by atoms with Crippen LogP contribution in [-0.2, 0) is 0 Å². The molecule has 0 saturated carbocycles. The number of pyridine rings is 1. The average Bonchev–Trinajstić information content (AvgIpc) is 3.44. The first-order valence-electron chi connectivity index (χ1n) is 12.4. The van der Waals surface area contributed by atoms with Crippen LogP contribution < -0.4 is 5.32 Å². The molecule has 2 aliphatic rings. The smallest absolute Gasteiger partial charge is 0.140 e. The van der Waals surface area contributed by atoms with Gasteiger partial charge in [-0.3, -0.25) is 0 Å². The van der Waals surface area contributed by atoms with Gasteiger partial charge in [0, 0.05) is 34.4 Å². The van der Waals surface area contributed by atoms with Crippen LogP contribution in [0.25, 0.3) is 21.9 Å². The highest BCUT2D eigenvalue weighted by Crippen LogP contribution is 2.35. The lowest BCUT2D eigenvalue weighted by atomic mass is 9.89. The van der Waals surface area contributed by atoms with E-state index in [9.17, 15) is 0 Å². The normalized spacial score (nSPS) is 19.6. The molecular weight excluding hydrogens is 408 g/mol. The maximum atomic E-state index is 4.87. The van der Waals surface area contributed by atoms with Gasteiger partial charge in [0.15, 0.2) is 0 Å². The maximum Gasteiger partial charge on any atom is 0.140 e. The monoisotopic (exact) mass is 442 g/mol. The Labute approximate surface area is 195 Å². The van der Waals surface area contributed by atoms with Crippen molar-refractivity contribution in [2.24, 2.45) is 0 Å². The van der Waals surface area contributed by atoms with Gasteiger partial charge in [0.05, 0.1) is 0 Å². The summed E-state index contributed by atoms with van der Waals surface area (Å²) in [5, 5.41) is 6.13. The van der Waals surface area contributed by atoms with Crippen LogP contribution >= 0.6 is 0 Å². The fourth-order valence-corrected chi connectivity index (χ4v) is 5.78. The summed E-state index contributed by atoms with van der Waals surface area (Å²) in [5.41, 5.74) is 6.12. The van der Waals surface area contributed by atoms with E-state index in [0.29, 0.717) is 11.8 Å². The Hall–Kier alpha value is -2.83. The summed E-state index contributed by atoms with van der Waals surface area (Å²) >= 11 is 0. The van der Waals surface area contributed by atoms with E-state index < -0.39 is 0 Å². The molecule has 0 unspecified atom stereocenters. The molecule has 1 aromatic carbocycles. The SMILES string of the molecule is CN1CCC(c2c[nH]c3cc(Nc4ccc5c(C6CCN(C)CC6)c[nH]c5n4)ccc23)CC1. The molecule has 172 valence electrons. The Morgan fingerprint density at radius 2 is 1.39 bits per heavy atom. The minimum atomic E-state index is 0.629. The lowest BCUT2D eigenvalue weighted by Gasteiger charge is -2.28. The van der Waals surface area contributed by atoms with Crippen molar-refractivity contribution in [2.75, 3.05) is 45.6 Å². The Bertz CT molecular complexity index is 1160. The first-order chi connectivity index (χ1) is 16.1. The number of benzene rings is 1. The van der Waals surface area contributed by atoms with Crippen molar-refractivity contribution in [3.8, 4) is 0 Å². The number of aromatic nitrogens is 3. The number of anilines is 2. The summed E-state index contributed by atoms with van der Waals surface area (Å²) in [6, 6.07) is 11.0. The Kier molecular flexibility index (Phi) is 5.35. The zero-order chi connectivity index (χ0) is 22.4. The molecule has 33 heavy (non-hydrogen) atoms. The molecule has 6 nitrogen and oxygen atoms in total. The molecule has 0 aliphatic carbocycles. The van der Waals surface area contributed by atoms with Gasteiger partial charge in [-0.25, -0.2) is 4.98 Å². The molecule has 3 aromatic heterocycles. The van der Waals surface area contributed by atoms with E-state index in [1.165, 1.54) is 79.3 Å². The van der Waals surface area contributed by atoms with Crippen molar-refractivity contribution < 1.29 is 0 Å². The third-order valence-corrected chi connectivity index (χ3v) is 7.87. The number of nitrogens with one attached hydrogen (secondary N) is 3. The van der Waals surface area contributed by atoms with Crippen molar-refractivity contribution in [3.05, 3.63) is 53.9 Å². The summed E-state index contributed by atoms with van der Waals surface area (Å²) in [4.78, 5) is 16.7. The van der Waals surface area contributed by atoms with Crippen LogP contribution in [0.15, 0.2) is 42.7 Å². The maximum absolute atomic E-state index is 4.87. The molecule has 2 saturated heterocycles. The summed E-state index contributed by atoms with van der Waals surface area (Å²) < 4.78 is 0. The average molecular weight is 443 g/mol. The van der Waals surface area contributed by atoms with Crippen LogP contribution in [0.3, 0.4) is 0 Å². The van der Waals surface area contributed by atoms with Gasteiger partial charge < -0.3 is 25.1 Å². The van der Waals surface area contributed by atoms with Gasteiger partial charge in [-0.15, -0.1) is 0 Å². The van der Waals surface area contributed by atoms with Gasteiger partial charge in [-0.05, 0) is 113 Å². The van der Waals surface area contributed by atoms with E-state index in [0.717, 1.165) is 17.2 Å². The summed E-state index contributed by atoms with van der Waals surface area (Å²) in [6.07, 6.45) is 9.32. The second-order valence-electron chi connectivity index (χ2n) is 10.1. The minimum Gasteiger partial charge on any atom is -0.361 e. The zero-order valence-electron chi connectivity index (χ0n) is 19.7. The third kappa shape index (κ3) is 4.02. The molecule has 6 rings (SSSR count). The molecule has 4 aromatic rings. The Balaban J connectivity index is 1.20. The number of aromatic amines is 2. The fourth-order valence-electron chi connectivity index (χ4n) is 5.78. The number of fused-ring (bicyclic) bond motifs is 2. The molecule has 3 N–H and O–H groups in total. The molecule has 6 heteroatoms. The van der Waals surface area contributed by atoms with Crippen LogP contribution in [0.4, 0.5) is 11.5 Å². The molecule has 0 amide bonds. The van der Waals surface area contributed by atoms with E-state index >= 15 is 0 Å². The summed E-state index contributed by atoms with van der Waals surface area (Å²) in [7, 11) is 4.43. The van der Waals surface area contributed by atoms with Crippen molar-refractivity contribution in [2.45, 2.75) is 37.5 Å². The van der Waals surface area contributed by atoms with Crippen molar-refractivity contribution in [3.63, 3.8) is 0 Å². The van der Waals surface area contributed by atoms with Gasteiger partial charge in [0.25, 0.3) is 0 Å². The number of hydrogen-bond donors (Lipinski definition) is 3. The number of hydrogen-bond acceptors (Lipinski definition) is 4. The van der Waals surface area contributed by atoms with Crippen LogP contribution in [0, 0.1) is 0 Å². The van der Waals surface area contributed by atoms with Crippen molar-refractivity contribution >= 4 is 33.4 Å². The predicted octanol–water partition coefficient (Wildman–Crippen LogP) is 5.41. The molecule has 0 bridgehead atoms. The second kappa shape index (κ2) is 8.50. The highest BCUT2D eigenvalue weighted by molar-refractivity contribution is 5.88. The van der Waals surface area contributed by atoms with Crippen LogP contribution in [0.1, 0.15) is 48.6 Å². The van der Waals surface area contributed by atoms with Crippen LogP contribution in [-0.4, -0.2) is 65.0 Å². The largest absolute Gasteiger partial charge is 0.361 e. The number of nitrogens with zero attached hydrogens (tertiary/aromatic N) is 3. The minimum absolute atomic E-state index is 0.629.